The number of hydrogen-bond donors (Lipinski definition) is 1. The Kier molecular flexibility index (Phi) is 4.38. The molecule has 0 saturated heterocycles. The summed E-state index contributed by atoms with van der Waals surface area (Å²) in [5.41, 5.74) is 2.15. The third-order valence-electron chi connectivity index (χ3n) is 2.92. The monoisotopic (exact) mass is 255 g/mol. The third-order valence-corrected chi connectivity index (χ3v) is 2.92. The lowest BCUT2D eigenvalue weighted by molar-refractivity contribution is 0.168. The van der Waals surface area contributed by atoms with E-state index in [0.29, 0.717) is 18.8 Å². The third kappa shape index (κ3) is 3.04. The first kappa shape index (κ1) is 13.4. The van der Waals surface area contributed by atoms with Gasteiger partial charge in [-0.3, -0.25) is 4.79 Å². The smallest absolute Gasteiger partial charge is 0.264 e. The number of aryl methyl sites for hydroxylation is 1. The Bertz CT molecular complexity index is 689. The molecule has 0 atom stereocenters. The van der Waals surface area contributed by atoms with Crippen LogP contribution < -0.4 is 5.56 Å². The number of rotatable bonds is 3. The summed E-state index contributed by atoms with van der Waals surface area (Å²) in [6.07, 6.45) is 0.970. The minimum absolute atomic E-state index is 0.140. The fraction of sp³-hybridized carbons (Fsp3) is 0.312. The molecule has 0 saturated carbocycles. The Morgan fingerprint density at radius 2 is 2.11 bits per heavy atom. The summed E-state index contributed by atoms with van der Waals surface area (Å²) < 4.78 is 5.29. The summed E-state index contributed by atoms with van der Waals surface area (Å²) in [7, 11) is 0. The van der Waals surface area contributed by atoms with E-state index in [1.165, 1.54) is 0 Å². The van der Waals surface area contributed by atoms with Crippen molar-refractivity contribution < 1.29 is 4.74 Å². The first-order valence-corrected chi connectivity index (χ1v) is 6.42. The molecule has 0 aliphatic heterocycles. The summed E-state index contributed by atoms with van der Waals surface area (Å²) in [6, 6.07) is 7.74. The topological polar surface area (TPSA) is 42.1 Å². The zero-order valence-corrected chi connectivity index (χ0v) is 11.2. The van der Waals surface area contributed by atoms with Crippen molar-refractivity contribution in [2.24, 2.45) is 0 Å². The van der Waals surface area contributed by atoms with Gasteiger partial charge in [0.25, 0.3) is 5.56 Å². The van der Waals surface area contributed by atoms with E-state index in [4.69, 9.17) is 4.74 Å². The van der Waals surface area contributed by atoms with Crippen molar-refractivity contribution in [3.63, 3.8) is 0 Å². The minimum atomic E-state index is -0.140. The molecule has 0 radical (unpaired) electrons. The predicted molar refractivity (Wildman–Crippen MR) is 77.3 cm³/mol. The standard InChI is InChI=1S/C16H17NO2/c1-3-10-19-11-6-8-14-12(2)13-7-4-5-9-15(13)17-16(14)18/h4-5,7,9H,3,10-11H2,1-2H3,(H,17,18). The van der Waals surface area contributed by atoms with E-state index in [1.807, 2.05) is 38.1 Å². The van der Waals surface area contributed by atoms with Gasteiger partial charge in [-0.2, -0.15) is 0 Å². The Balaban J connectivity index is 2.35. The lowest BCUT2D eigenvalue weighted by atomic mass is 10.1. The van der Waals surface area contributed by atoms with Crippen molar-refractivity contribution in [3.05, 3.63) is 45.7 Å². The second-order valence-electron chi connectivity index (χ2n) is 4.35. The highest BCUT2D eigenvalue weighted by Gasteiger charge is 2.05. The van der Waals surface area contributed by atoms with Crippen molar-refractivity contribution in [3.8, 4) is 11.8 Å². The van der Waals surface area contributed by atoms with E-state index in [-0.39, 0.29) is 5.56 Å². The number of nitrogens with one attached hydrogen (secondary N) is 1. The Morgan fingerprint density at radius 3 is 2.89 bits per heavy atom. The summed E-state index contributed by atoms with van der Waals surface area (Å²) in [6.45, 7) is 5.03. The van der Waals surface area contributed by atoms with Gasteiger partial charge in [0.15, 0.2) is 0 Å². The largest absolute Gasteiger partial charge is 0.369 e. The van der Waals surface area contributed by atoms with Crippen LogP contribution >= 0.6 is 0 Å². The molecule has 0 amide bonds. The predicted octanol–water partition coefficient (Wildman–Crippen LogP) is 2.61. The van der Waals surface area contributed by atoms with Crippen LogP contribution in [-0.2, 0) is 4.74 Å². The van der Waals surface area contributed by atoms with Gasteiger partial charge in [0.1, 0.15) is 6.61 Å². The average Bonchev–Trinajstić information content (AvgIpc) is 2.42. The van der Waals surface area contributed by atoms with Gasteiger partial charge < -0.3 is 9.72 Å². The molecule has 1 aromatic carbocycles. The first-order valence-electron chi connectivity index (χ1n) is 6.42. The van der Waals surface area contributed by atoms with E-state index >= 15 is 0 Å². The van der Waals surface area contributed by atoms with Crippen LogP contribution in [0.4, 0.5) is 0 Å². The Morgan fingerprint density at radius 1 is 1.32 bits per heavy atom. The van der Waals surface area contributed by atoms with Crippen LogP contribution in [0.15, 0.2) is 29.1 Å². The maximum atomic E-state index is 12.0. The molecule has 3 nitrogen and oxygen atoms in total. The molecule has 98 valence electrons. The normalized spacial score (nSPS) is 10.2. The molecule has 0 aliphatic carbocycles. The lowest BCUT2D eigenvalue weighted by Gasteiger charge is -2.03. The lowest BCUT2D eigenvalue weighted by Crippen LogP contribution is -2.12. The van der Waals surface area contributed by atoms with Gasteiger partial charge in [0.05, 0.1) is 5.56 Å². The van der Waals surface area contributed by atoms with Crippen LogP contribution in [0.3, 0.4) is 0 Å². The summed E-state index contributed by atoms with van der Waals surface area (Å²) in [4.78, 5) is 14.8. The molecule has 1 aromatic heterocycles. The zero-order chi connectivity index (χ0) is 13.7. The molecular weight excluding hydrogens is 238 g/mol. The number of aromatic nitrogens is 1. The van der Waals surface area contributed by atoms with Gasteiger partial charge in [-0.15, -0.1) is 0 Å². The zero-order valence-electron chi connectivity index (χ0n) is 11.2. The summed E-state index contributed by atoms with van der Waals surface area (Å²) in [5, 5.41) is 1.03. The highest BCUT2D eigenvalue weighted by Crippen LogP contribution is 2.15. The van der Waals surface area contributed by atoms with Crippen molar-refractivity contribution in [2.75, 3.05) is 13.2 Å². The Hall–Kier alpha value is -2.05. The Labute approximate surface area is 112 Å². The summed E-state index contributed by atoms with van der Waals surface area (Å²) in [5.74, 6) is 5.80. The molecular formula is C16H17NO2. The van der Waals surface area contributed by atoms with Gasteiger partial charge in [-0.25, -0.2) is 0 Å². The van der Waals surface area contributed by atoms with Gasteiger partial charge in [0, 0.05) is 17.5 Å². The molecule has 1 heterocycles. The molecule has 0 aliphatic rings. The van der Waals surface area contributed by atoms with Crippen molar-refractivity contribution >= 4 is 10.9 Å². The highest BCUT2D eigenvalue weighted by molar-refractivity contribution is 5.83. The van der Waals surface area contributed by atoms with Crippen molar-refractivity contribution in [1.29, 1.82) is 0 Å². The van der Waals surface area contributed by atoms with E-state index in [9.17, 15) is 4.79 Å². The van der Waals surface area contributed by atoms with E-state index in [1.54, 1.807) is 0 Å². The molecule has 0 bridgehead atoms. The van der Waals surface area contributed by atoms with Crippen LogP contribution in [0.2, 0.25) is 0 Å². The fourth-order valence-electron chi connectivity index (χ4n) is 1.95. The second-order valence-corrected chi connectivity index (χ2v) is 4.35. The van der Waals surface area contributed by atoms with Crippen molar-refractivity contribution in [2.45, 2.75) is 20.3 Å². The van der Waals surface area contributed by atoms with Crippen LogP contribution in [0.5, 0.6) is 0 Å². The molecule has 1 N–H and O–H groups in total. The first-order chi connectivity index (χ1) is 9.24. The van der Waals surface area contributed by atoms with E-state index in [2.05, 4.69) is 16.8 Å². The maximum absolute atomic E-state index is 12.0. The number of benzene rings is 1. The van der Waals surface area contributed by atoms with Crippen LogP contribution in [0.1, 0.15) is 24.5 Å². The number of pyridine rings is 1. The molecule has 0 spiro atoms. The van der Waals surface area contributed by atoms with Crippen molar-refractivity contribution in [1.82, 2.24) is 4.98 Å². The number of hydrogen-bond acceptors (Lipinski definition) is 2. The molecule has 0 unspecified atom stereocenters. The molecule has 2 rings (SSSR count). The minimum Gasteiger partial charge on any atom is -0.369 e. The van der Waals surface area contributed by atoms with Crippen LogP contribution in [-0.4, -0.2) is 18.2 Å². The van der Waals surface area contributed by atoms with Gasteiger partial charge in [-0.1, -0.05) is 37.0 Å². The number of ether oxygens (including phenoxy) is 1. The number of fused-ring (bicyclic) bond motifs is 1. The maximum Gasteiger partial charge on any atom is 0.264 e. The number of aromatic amines is 1. The van der Waals surface area contributed by atoms with Crippen LogP contribution in [0, 0.1) is 18.8 Å². The molecule has 0 fully saturated rings. The average molecular weight is 255 g/mol. The second kappa shape index (κ2) is 6.21. The fourth-order valence-corrected chi connectivity index (χ4v) is 1.95. The van der Waals surface area contributed by atoms with Gasteiger partial charge in [0.2, 0.25) is 0 Å². The summed E-state index contributed by atoms with van der Waals surface area (Å²) >= 11 is 0. The SMILES string of the molecule is CCCOCC#Cc1c(C)c2ccccc2[nH]c1=O. The van der Waals surface area contributed by atoms with E-state index in [0.717, 1.165) is 22.9 Å². The highest BCUT2D eigenvalue weighted by atomic mass is 16.5. The van der Waals surface area contributed by atoms with E-state index < -0.39 is 0 Å². The van der Waals surface area contributed by atoms with Gasteiger partial charge >= 0.3 is 0 Å². The number of H-pyrrole nitrogens is 1. The quantitative estimate of drug-likeness (QED) is 0.676. The van der Waals surface area contributed by atoms with Gasteiger partial charge in [-0.05, 0) is 25.0 Å². The molecule has 3 heteroatoms. The number of para-hydroxylation sites is 1. The molecule has 2 aromatic rings. The molecule has 19 heavy (non-hydrogen) atoms. The van der Waals surface area contributed by atoms with Crippen LogP contribution in [0.25, 0.3) is 10.9 Å².